The van der Waals surface area contributed by atoms with Crippen molar-refractivity contribution >= 4 is 43.3 Å². The van der Waals surface area contributed by atoms with Gasteiger partial charge in [0.05, 0.1) is 16.9 Å². The van der Waals surface area contributed by atoms with E-state index in [-0.39, 0.29) is 30.4 Å². The lowest BCUT2D eigenvalue weighted by atomic mass is 9.76. The third kappa shape index (κ3) is 8.48. The molecule has 2 aliphatic rings. The Morgan fingerprint density at radius 3 is 2.11 bits per heavy atom. The van der Waals surface area contributed by atoms with Crippen molar-refractivity contribution in [2.45, 2.75) is 70.1 Å². The molecule has 0 radical (unpaired) electrons. The number of para-hydroxylation sites is 2. The van der Waals surface area contributed by atoms with Crippen LogP contribution in [0.15, 0.2) is 84.6 Å². The van der Waals surface area contributed by atoms with Crippen LogP contribution in [0.4, 0.5) is 11.4 Å². The predicted molar refractivity (Wildman–Crippen MR) is 185 cm³/mol. The molecule has 0 amide bonds. The number of likely N-dealkylation sites (N-methyl/N-ethyl adjacent to an activating group) is 1. The summed E-state index contributed by atoms with van der Waals surface area (Å²) in [6, 6.07) is 15.9. The Labute approximate surface area is 278 Å². The van der Waals surface area contributed by atoms with Crippen LogP contribution < -0.4 is 4.90 Å². The fraction of sp³-hybridized carbons (Fsp3) is 0.429. The number of aliphatic carboxylic acids is 1. The fourth-order valence-electron chi connectivity index (χ4n) is 7.10. The number of anilines is 1. The van der Waals surface area contributed by atoms with Crippen molar-refractivity contribution in [2.24, 2.45) is 0 Å². The third-order valence-electron chi connectivity index (χ3n) is 9.27. The Kier molecular flexibility index (Phi) is 11.3. The molecule has 2 atom stereocenters. The average molecular weight is 686 g/mol. The van der Waals surface area contributed by atoms with Crippen molar-refractivity contribution in [2.75, 3.05) is 29.5 Å². The van der Waals surface area contributed by atoms with Gasteiger partial charge in [-0.1, -0.05) is 54.6 Å². The number of allylic oxidation sites excluding steroid dienone is 6. The van der Waals surface area contributed by atoms with Gasteiger partial charge < -0.3 is 10.0 Å². The maximum absolute atomic E-state index is 11.5. The summed E-state index contributed by atoms with van der Waals surface area (Å²) in [5.41, 5.74) is 5.06. The summed E-state index contributed by atoms with van der Waals surface area (Å²) in [4.78, 5) is 13.6. The number of hydrogen-bond acceptors (Lipinski definition) is 6. The smallest absolute Gasteiger partial charge is 0.303 e. The first kappa shape index (κ1) is 36.3. The zero-order chi connectivity index (χ0) is 34.5. The van der Waals surface area contributed by atoms with Crippen LogP contribution in [0.1, 0.15) is 70.4 Å². The van der Waals surface area contributed by atoms with Gasteiger partial charge in [-0.2, -0.15) is 21.4 Å². The summed E-state index contributed by atoms with van der Waals surface area (Å²) in [7, 11) is -8.29. The molecule has 2 aliphatic heterocycles. The third-order valence-corrected chi connectivity index (χ3v) is 10.9. The number of carboxylic acid groups (broad SMARTS) is 1. The maximum Gasteiger partial charge on any atom is 0.303 e. The summed E-state index contributed by atoms with van der Waals surface area (Å²) in [6.07, 6.45) is 11.9. The Hall–Kier alpha value is -3.58. The predicted octanol–water partition coefficient (Wildman–Crippen LogP) is 6.04. The molecule has 0 aromatic heterocycles. The van der Waals surface area contributed by atoms with Gasteiger partial charge in [0.2, 0.25) is 5.69 Å². The molecule has 2 unspecified atom stereocenters. The summed E-state index contributed by atoms with van der Waals surface area (Å²) in [6.45, 7) is 7.33. The average Bonchev–Trinajstić information content (AvgIpc) is 3.36. The van der Waals surface area contributed by atoms with E-state index in [2.05, 4.69) is 37.0 Å². The zero-order valence-electron chi connectivity index (χ0n) is 27.2. The number of benzene rings is 2. The van der Waals surface area contributed by atoms with Crippen LogP contribution in [0.2, 0.25) is 0 Å². The second-order valence-corrected chi connectivity index (χ2v) is 15.7. The number of fused-ring (bicyclic) bond motifs is 2. The monoisotopic (exact) mass is 685 g/mol. The van der Waals surface area contributed by atoms with Gasteiger partial charge in [-0.3, -0.25) is 13.9 Å². The first-order valence-corrected chi connectivity index (χ1v) is 19.1. The van der Waals surface area contributed by atoms with Gasteiger partial charge in [0.25, 0.3) is 20.2 Å². The highest BCUT2D eigenvalue weighted by molar-refractivity contribution is 7.86. The Morgan fingerprint density at radius 1 is 0.830 bits per heavy atom. The van der Waals surface area contributed by atoms with Gasteiger partial charge >= 0.3 is 5.97 Å². The first-order chi connectivity index (χ1) is 22.1. The van der Waals surface area contributed by atoms with E-state index in [1.165, 1.54) is 5.56 Å². The number of rotatable bonds is 16. The molecule has 47 heavy (non-hydrogen) atoms. The second-order valence-electron chi connectivity index (χ2n) is 12.6. The molecule has 0 saturated heterocycles. The molecule has 0 fully saturated rings. The molecule has 3 N–H and O–H groups in total. The number of carbonyl (C=O) groups is 1. The fourth-order valence-corrected chi connectivity index (χ4v) is 8.10. The Balaban J connectivity index is 1.69. The molecular weight excluding hydrogens is 641 g/mol. The lowest BCUT2D eigenvalue weighted by molar-refractivity contribution is -0.437. The lowest BCUT2D eigenvalue weighted by Gasteiger charge is -2.29. The summed E-state index contributed by atoms with van der Waals surface area (Å²) in [5, 5.41) is 9.28. The van der Waals surface area contributed by atoms with E-state index < -0.39 is 37.4 Å². The minimum atomic E-state index is -4.15. The molecule has 2 aromatic rings. The zero-order valence-corrected chi connectivity index (χ0v) is 28.8. The van der Waals surface area contributed by atoms with E-state index in [1.807, 2.05) is 72.2 Å². The van der Waals surface area contributed by atoms with Crippen LogP contribution in [-0.4, -0.2) is 71.9 Å². The highest BCUT2D eigenvalue weighted by Gasteiger charge is 2.47. The van der Waals surface area contributed by atoms with Crippen molar-refractivity contribution in [1.29, 1.82) is 0 Å². The quantitative estimate of drug-likeness (QED) is 0.109. The van der Waals surface area contributed by atoms with E-state index >= 15 is 0 Å². The van der Waals surface area contributed by atoms with E-state index in [0.29, 0.717) is 25.8 Å². The van der Waals surface area contributed by atoms with Gasteiger partial charge in [0.15, 0.2) is 5.71 Å². The van der Waals surface area contributed by atoms with Crippen LogP contribution in [0.5, 0.6) is 0 Å². The van der Waals surface area contributed by atoms with Crippen LogP contribution in [0, 0.1) is 0 Å². The molecule has 12 heteroatoms. The minimum absolute atomic E-state index is 0.0977. The SMILES string of the molecule is CCN1/C(=C/C=C/C=C/C2=[N+](CCCS(=O)(=O)O)c3ccccc3C2(C)CCCS(=O)(=O)O)C(C)(CCCC(=O)O)c2ccccc21. The van der Waals surface area contributed by atoms with Crippen LogP contribution in [0.3, 0.4) is 0 Å². The minimum Gasteiger partial charge on any atom is -0.481 e. The Morgan fingerprint density at radius 2 is 1.45 bits per heavy atom. The molecule has 0 saturated carbocycles. The van der Waals surface area contributed by atoms with Crippen LogP contribution in [-0.2, 0) is 35.9 Å². The van der Waals surface area contributed by atoms with Crippen molar-refractivity contribution in [1.82, 2.24) is 0 Å². The van der Waals surface area contributed by atoms with E-state index in [4.69, 9.17) is 0 Å². The van der Waals surface area contributed by atoms with E-state index in [9.17, 15) is 35.8 Å². The first-order valence-electron chi connectivity index (χ1n) is 15.9. The molecule has 0 bridgehead atoms. The molecule has 0 aliphatic carbocycles. The van der Waals surface area contributed by atoms with Crippen molar-refractivity contribution in [3.8, 4) is 0 Å². The van der Waals surface area contributed by atoms with E-state index in [0.717, 1.165) is 34.9 Å². The standard InChI is InChI=1S/C35H44N2O8S2/c1-4-36-29-17-10-8-15-27(29)34(2,22-12-21-33(38)39)31(36)19-6-5-7-20-32-35(3,23-13-25-46(40,41)42)28-16-9-11-18-30(28)37(32)24-14-26-47(43,44)45/h5-11,15-20H,4,12-14,21-26H2,1-3H3,(H2-,38,39,40,41,42,43,44,45)/p+1. The highest BCUT2D eigenvalue weighted by atomic mass is 32.2. The topological polar surface area (TPSA) is 152 Å². The largest absolute Gasteiger partial charge is 0.481 e. The summed E-state index contributed by atoms with van der Waals surface area (Å²) < 4.78 is 66.8. The van der Waals surface area contributed by atoms with Gasteiger partial charge in [0, 0.05) is 53.9 Å². The summed E-state index contributed by atoms with van der Waals surface area (Å²) in [5.74, 6) is -1.58. The van der Waals surface area contributed by atoms with Crippen molar-refractivity contribution < 1.29 is 40.4 Å². The maximum atomic E-state index is 11.5. The molecule has 2 aromatic carbocycles. The van der Waals surface area contributed by atoms with Crippen molar-refractivity contribution in [3.63, 3.8) is 0 Å². The van der Waals surface area contributed by atoms with Crippen molar-refractivity contribution in [3.05, 3.63) is 95.7 Å². The molecule has 2 heterocycles. The number of nitrogens with zero attached hydrogens (tertiary/aromatic N) is 2. The molecule has 0 spiro atoms. The number of hydrogen-bond donors (Lipinski definition) is 3. The second kappa shape index (κ2) is 14.7. The Bertz CT molecular complexity index is 1830. The molecule has 10 nitrogen and oxygen atoms in total. The van der Waals surface area contributed by atoms with Gasteiger partial charge in [-0.15, -0.1) is 0 Å². The normalized spacial score (nSPS) is 22.1. The summed E-state index contributed by atoms with van der Waals surface area (Å²) >= 11 is 0. The van der Waals surface area contributed by atoms with E-state index in [1.54, 1.807) is 0 Å². The van der Waals surface area contributed by atoms with Crippen LogP contribution >= 0.6 is 0 Å². The molecule has 254 valence electrons. The molecular formula is C35H45N2O8S2+. The lowest BCUT2D eigenvalue weighted by Crippen LogP contribution is -2.32. The van der Waals surface area contributed by atoms with Gasteiger partial charge in [0.1, 0.15) is 6.54 Å². The van der Waals surface area contributed by atoms with Crippen LogP contribution in [0.25, 0.3) is 0 Å². The van der Waals surface area contributed by atoms with Gasteiger partial charge in [-0.25, -0.2) is 0 Å². The number of carboxylic acids is 1. The van der Waals surface area contributed by atoms with Gasteiger partial charge in [-0.05, 0) is 64.2 Å². The molecule has 4 rings (SSSR count). The highest BCUT2D eigenvalue weighted by Crippen LogP contribution is 2.50.